The number of hydrogen-bond donors (Lipinski definition) is 0. The fraction of sp³-hybridized carbons (Fsp3) is 0.588. The molecule has 0 unspecified atom stereocenters. The van der Waals surface area contributed by atoms with E-state index in [1.165, 1.54) is 0 Å². The van der Waals surface area contributed by atoms with Crippen LogP contribution in [0.4, 0.5) is 5.69 Å². The van der Waals surface area contributed by atoms with E-state index in [4.69, 9.17) is 0 Å². The van der Waals surface area contributed by atoms with E-state index in [2.05, 4.69) is 23.7 Å². The maximum absolute atomic E-state index is 12.6. The molecule has 6 nitrogen and oxygen atoms in total. The second-order valence-corrected chi connectivity index (χ2v) is 5.82. The van der Waals surface area contributed by atoms with Crippen LogP contribution < -0.4 is 4.90 Å². The van der Waals surface area contributed by atoms with Crippen molar-refractivity contribution < 1.29 is 9.59 Å². The van der Waals surface area contributed by atoms with E-state index in [1.807, 2.05) is 12.1 Å². The summed E-state index contributed by atoms with van der Waals surface area (Å²) in [6.45, 7) is 8.57. The van der Waals surface area contributed by atoms with Gasteiger partial charge >= 0.3 is 0 Å². The Hall–Kier alpha value is -2.11. The lowest BCUT2D eigenvalue weighted by Crippen LogP contribution is -2.48. The predicted molar refractivity (Wildman–Crippen MR) is 90.6 cm³/mol. The van der Waals surface area contributed by atoms with E-state index < -0.39 is 0 Å². The Kier molecular flexibility index (Phi) is 6.38. The highest BCUT2D eigenvalue weighted by atomic mass is 16.2. The van der Waals surface area contributed by atoms with Crippen LogP contribution in [0, 0.1) is 0 Å². The van der Waals surface area contributed by atoms with Crippen molar-refractivity contribution in [2.75, 3.05) is 44.2 Å². The highest BCUT2D eigenvalue weighted by molar-refractivity contribution is 5.93. The molecule has 0 N–H and O–H groups in total. The van der Waals surface area contributed by atoms with Gasteiger partial charge in [-0.3, -0.25) is 14.6 Å². The summed E-state index contributed by atoms with van der Waals surface area (Å²) < 4.78 is 0. The van der Waals surface area contributed by atoms with Crippen molar-refractivity contribution >= 4 is 18.0 Å². The number of pyridine rings is 1. The van der Waals surface area contributed by atoms with E-state index in [0.717, 1.165) is 38.0 Å². The van der Waals surface area contributed by atoms with E-state index in [1.54, 1.807) is 16.0 Å². The Morgan fingerprint density at radius 2 is 1.87 bits per heavy atom. The lowest BCUT2D eigenvalue weighted by Gasteiger charge is -2.32. The molecule has 1 aliphatic rings. The number of nitrogens with zero attached hydrogens (tertiary/aromatic N) is 4. The summed E-state index contributed by atoms with van der Waals surface area (Å²) in [5.41, 5.74) is 1.54. The second-order valence-electron chi connectivity index (χ2n) is 5.82. The van der Waals surface area contributed by atoms with E-state index in [-0.39, 0.29) is 5.91 Å². The number of rotatable bonds is 7. The minimum atomic E-state index is -0.0506. The zero-order valence-corrected chi connectivity index (χ0v) is 14.1. The largest absolute Gasteiger partial charge is 0.371 e. The van der Waals surface area contributed by atoms with Crippen LogP contribution in [0.25, 0.3) is 0 Å². The van der Waals surface area contributed by atoms with Crippen LogP contribution in [0.3, 0.4) is 0 Å². The Balaban J connectivity index is 2.09. The fourth-order valence-corrected chi connectivity index (χ4v) is 2.84. The molecule has 6 heteroatoms. The highest BCUT2D eigenvalue weighted by Gasteiger charge is 2.22. The first-order valence-electron chi connectivity index (χ1n) is 8.39. The third-order valence-corrected chi connectivity index (χ3v) is 4.07. The van der Waals surface area contributed by atoms with Gasteiger partial charge in [0.1, 0.15) is 5.69 Å². The molecule has 0 aromatic carbocycles. The summed E-state index contributed by atoms with van der Waals surface area (Å²) in [6.07, 6.45) is 4.69. The van der Waals surface area contributed by atoms with Crippen molar-refractivity contribution in [1.29, 1.82) is 0 Å². The van der Waals surface area contributed by atoms with Gasteiger partial charge in [0.15, 0.2) is 0 Å². The minimum Gasteiger partial charge on any atom is -0.371 e. The number of hydrogen-bond acceptors (Lipinski definition) is 4. The Labute approximate surface area is 138 Å². The lowest BCUT2D eigenvalue weighted by atomic mass is 10.2. The van der Waals surface area contributed by atoms with Crippen LogP contribution in [-0.4, -0.2) is 66.4 Å². The van der Waals surface area contributed by atoms with Crippen LogP contribution in [0.5, 0.6) is 0 Å². The van der Waals surface area contributed by atoms with Crippen molar-refractivity contribution in [3.05, 3.63) is 24.0 Å². The number of carbonyl (C=O) groups excluding carboxylic acids is 2. The molecule has 23 heavy (non-hydrogen) atoms. The predicted octanol–water partition coefficient (Wildman–Crippen LogP) is 1.62. The standard InChI is InChI=1S/C17H26N4O2/c1-3-7-20(8-4-2)15-5-6-18-16(13-15)17(23)21-11-9-19(14-22)10-12-21/h5-6,13-14H,3-4,7-12H2,1-2H3. The molecule has 2 amide bonds. The number of piperazine rings is 1. The molecule has 0 spiro atoms. The summed E-state index contributed by atoms with van der Waals surface area (Å²) in [6, 6.07) is 3.85. The average Bonchev–Trinajstić information content (AvgIpc) is 2.61. The van der Waals surface area contributed by atoms with Gasteiger partial charge in [-0.05, 0) is 25.0 Å². The van der Waals surface area contributed by atoms with Gasteiger partial charge in [-0.1, -0.05) is 13.8 Å². The molecule has 0 saturated carbocycles. The van der Waals surface area contributed by atoms with Gasteiger partial charge in [-0.2, -0.15) is 0 Å². The summed E-state index contributed by atoms with van der Waals surface area (Å²) in [5, 5.41) is 0. The first-order chi connectivity index (χ1) is 11.2. The average molecular weight is 318 g/mol. The van der Waals surface area contributed by atoms with Crippen molar-refractivity contribution in [3.8, 4) is 0 Å². The first kappa shape index (κ1) is 17.2. The highest BCUT2D eigenvalue weighted by Crippen LogP contribution is 2.17. The summed E-state index contributed by atoms with van der Waals surface area (Å²) in [5.74, 6) is -0.0506. The maximum Gasteiger partial charge on any atom is 0.272 e. The molecule has 1 aromatic rings. The van der Waals surface area contributed by atoms with E-state index in [0.29, 0.717) is 31.9 Å². The monoisotopic (exact) mass is 318 g/mol. The van der Waals surface area contributed by atoms with Crippen molar-refractivity contribution in [2.24, 2.45) is 0 Å². The zero-order chi connectivity index (χ0) is 16.7. The molecule has 1 aliphatic heterocycles. The van der Waals surface area contributed by atoms with Crippen molar-refractivity contribution in [1.82, 2.24) is 14.8 Å². The maximum atomic E-state index is 12.6. The Morgan fingerprint density at radius 1 is 1.22 bits per heavy atom. The number of anilines is 1. The van der Waals surface area contributed by atoms with Gasteiger partial charge in [0, 0.05) is 51.2 Å². The van der Waals surface area contributed by atoms with Gasteiger partial charge < -0.3 is 14.7 Å². The van der Waals surface area contributed by atoms with Crippen molar-refractivity contribution in [2.45, 2.75) is 26.7 Å². The smallest absolute Gasteiger partial charge is 0.272 e. The van der Waals surface area contributed by atoms with E-state index >= 15 is 0 Å². The molecule has 1 saturated heterocycles. The van der Waals surface area contributed by atoms with Crippen LogP contribution in [-0.2, 0) is 4.79 Å². The SMILES string of the molecule is CCCN(CCC)c1ccnc(C(=O)N2CCN(C=O)CC2)c1. The van der Waals surface area contributed by atoms with E-state index in [9.17, 15) is 9.59 Å². The van der Waals surface area contributed by atoms with Crippen LogP contribution >= 0.6 is 0 Å². The number of carbonyl (C=O) groups is 2. The Bertz CT molecular complexity index is 521. The van der Waals surface area contributed by atoms with Gasteiger partial charge in [0.2, 0.25) is 6.41 Å². The van der Waals surface area contributed by atoms with Crippen LogP contribution in [0.2, 0.25) is 0 Å². The summed E-state index contributed by atoms with van der Waals surface area (Å²) >= 11 is 0. The molecule has 0 aliphatic carbocycles. The van der Waals surface area contributed by atoms with Gasteiger partial charge in [-0.15, -0.1) is 0 Å². The Morgan fingerprint density at radius 3 is 2.43 bits per heavy atom. The van der Waals surface area contributed by atoms with Crippen LogP contribution in [0.15, 0.2) is 18.3 Å². The molecular formula is C17H26N4O2. The quantitative estimate of drug-likeness (QED) is 0.717. The second kappa shape index (κ2) is 8.50. The molecule has 0 radical (unpaired) electrons. The molecular weight excluding hydrogens is 292 g/mol. The summed E-state index contributed by atoms with van der Waals surface area (Å²) in [7, 11) is 0. The van der Waals surface area contributed by atoms with Crippen LogP contribution in [0.1, 0.15) is 37.2 Å². The topological polar surface area (TPSA) is 56.8 Å². The molecule has 1 fully saturated rings. The molecule has 2 rings (SSSR count). The third kappa shape index (κ3) is 4.43. The first-order valence-corrected chi connectivity index (χ1v) is 8.39. The molecule has 126 valence electrons. The lowest BCUT2D eigenvalue weighted by molar-refractivity contribution is -0.119. The third-order valence-electron chi connectivity index (χ3n) is 4.07. The zero-order valence-electron chi connectivity index (χ0n) is 14.1. The minimum absolute atomic E-state index is 0.0506. The van der Waals surface area contributed by atoms with Gasteiger partial charge in [-0.25, -0.2) is 0 Å². The molecule has 0 atom stereocenters. The molecule has 0 bridgehead atoms. The number of amides is 2. The molecule has 1 aromatic heterocycles. The van der Waals surface area contributed by atoms with Crippen molar-refractivity contribution in [3.63, 3.8) is 0 Å². The molecule has 2 heterocycles. The number of aromatic nitrogens is 1. The van der Waals surface area contributed by atoms with Gasteiger partial charge in [0.25, 0.3) is 5.91 Å². The fourth-order valence-electron chi connectivity index (χ4n) is 2.84. The van der Waals surface area contributed by atoms with Gasteiger partial charge in [0.05, 0.1) is 0 Å². The normalized spacial score (nSPS) is 14.7. The summed E-state index contributed by atoms with van der Waals surface area (Å²) in [4.78, 5) is 33.4.